The fourth-order valence-electron chi connectivity index (χ4n) is 4.19. The van der Waals surface area contributed by atoms with E-state index in [9.17, 15) is 14.0 Å². The molecule has 6 nitrogen and oxygen atoms in total. The largest absolute Gasteiger partial charge is 0.447 e. The molecule has 2 amide bonds. The second-order valence-electron chi connectivity index (χ2n) is 7.61. The maximum absolute atomic E-state index is 13.7. The SMILES string of the molecule is O=C1OCCN1C(=O)[C@@H]1[C@@H](c2ccccc2)C(c2ccc(F)cc2)=NN1c1ccccc1. The fourth-order valence-corrected chi connectivity index (χ4v) is 4.19. The first-order chi connectivity index (χ1) is 15.6. The third kappa shape index (κ3) is 3.51. The highest BCUT2D eigenvalue weighted by Crippen LogP contribution is 2.38. The van der Waals surface area contributed by atoms with Crippen molar-refractivity contribution in [3.63, 3.8) is 0 Å². The van der Waals surface area contributed by atoms with Crippen LogP contribution < -0.4 is 5.01 Å². The molecule has 0 bridgehead atoms. The molecule has 5 rings (SSSR count). The minimum Gasteiger partial charge on any atom is -0.447 e. The smallest absolute Gasteiger partial charge is 0.416 e. The van der Waals surface area contributed by atoms with Crippen LogP contribution in [0.3, 0.4) is 0 Å². The summed E-state index contributed by atoms with van der Waals surface area (Å²) in [6, 6.07) is 24.2. The van der Waals surface area contributed by atoms with Gasteiger partial charge < -0.3 is 4.74 Å². The van der Waals surface area contributed by atoms with Crippen LogP contribution in [0.25, 0.3) is 0 Å². The summed E-state index contributed by atoms with van der Waals surface area (Å²) in [6.45, 7) is 0.370. The van der Waals surface area contributed by atoms with Crippen molar-refractivity contribution in [3.05, 3.63) is 102 Å². The van der Waals surface area contributed by atoms with Crippen molar-refractivity contribution in [1.82, 2.24) is 4.90 Å². The molecule has 0 unspecified atom stereocenters. The molecule has 0 saturated carbocycles. The second-order valence-corrected chi connectivity index (χ2v) is 7.61. The number of rotatable bonds is 4. The molecule has 2 aliphatic rings. The van der Waals surface area contributed by atoms with Crippen molar-refractivity contribution < 1.29 is 18.7 Å². The molecule has 0 aromatic heterocycles. The number of hydrogen-bond acceptors (Lipinski definition) is 5. The monoisotopic (exact) mass is 429 g/mol. The topological polar surface area (TPSA) is 62.2 Å². The van der Waals surface area contributed by atoms with Crippen LogP contribution >= 0.6 is 0 Å². The van der Waals surface area contributed by atoms with Gasteiger partial charge in [-0.15, -0.1) is 0 Å². The summed E-state index contributed by atoms with van der Waals surface area (Å²) < 4.78 is 18.6. The van der Waals surface area contributed by atoms with E-state index >= 15 is 0 Å². The van der Waals surface area contributed by atoms with Crippen molar-refractivity contribution in [2.24, 2.45) is 5.10 Å². The highest BCUT2D eigenvalue weighted by atomic mass is 19.1. The lowest BCUT2D eigenvalue weighted by Gasteiger charge is -2.29. The molecule has 3 aromatic carbocycles. The average molecular weight is 429 g/mol. The summed E-state index contributed by atoms with van der Waals surface area (Å²) >= 11 is 0. The van der Waals surface area contributed by atoms with Crippen molar-refractivity contribution in [1.29, 1.82) is 0 Å². The number of hydrazone groups is 1. The average Bonchev–Trinajstić information content (AvgIpc) is 3.44. The maximum atomic E-state index is 13.7. The van der Waals surface area contributed by atoms with E-state index in [0.29, 0.717) is 11.3 Å². The molecule has 1 fully saturated rings. The number of anilines is 1. The quantitative estimate of drug-likeness (QED) is 0.624. The van der Waals surface area contributed by atoms with E-state index in [1.54, 1.807) is 17.1 Å². The molecule has 32 heavy (non-hydrogen) atoms. The van der Waals surface area contributed by atoms with Crippen LogP contribution in [0, 0.1) is 5.82 Å². The number of carbonyl (C=O) groups is 2. The number of halogens is 1. The molecule has 2 heterocycles. The van der Waals surface area contributed by atoms with E-state index < -0.39 is 18.1 Å². The summed E-state index contributed by atoms with van der Waals surface area (Å²) in [5.74, 6) is -1.20. The van der Waals surface area contributed by atoms with Crippen LogP contribution in [0.1, 0.15) is 17.0 Å². The Morgan fingerprint density at radius 2 is 1.59 bits per heavy atom. The van der Waals surface area contributed by atoms with Crippen LogP contribution in [0.4, 0.5) is 14.9 Å². The molecular weight excluding hydrogens is 409 g/mol. The Morgan fingerprint density at radius 1 is 0.938 bits per heavy atom. The molecule has 3 aromatic rings. The summed E-state index contributed by atoms with van der Waals surface area (Å²) in [4.78, 5) is 27.1. The van der Waals surface area contributed by atoms with Gasteiger partial charge in [-0.05, 0) is 35.4 Å². The molecular formula is C25H20FN3O3. The summed E-state index contributed by atoms with van der Waals surface area (Å²) in [5, 5.41) is 6.50. The number of hydrogen-bond donors (Lipinski definition) is 0. The highest BCUT2D eigenvalue weighted by molar-refractivity contribution is 6.13. The second kappa shape index (κ2) is 8.26. The first kappa shape index (κ1) is 19.9. The lowest BCUT2D eigenvalue weighted by Crippen LogP contribution is -2.48. The predicted octanol–water partition coefficient (Wildman–Crippen LogP) is 4.18. The number of ether oxygens (including phenoxy) is 1. The summed E-state index contributed by atoms with van der Waals surface area (Å²) in [5.41, 5.74) is 2.93. The first-order valence-electron chi connectivity index (χ1n) is 10.4. The van der Waals surface area contributed by atoms with Crippen molar-refractivity contribution in [2.45, 2.75) is 12.0 Å². The Bertz CT molecular complexity index is 1170. The summed E-state index contributed by atoms with van der Waals surface area (Å²) in [6.07, 6.45) is -0.648. The van der Waals surface area contributed by atoms with Crippen LogP contribution in [0.15, 0.2) is 90.0 Å². The minimum absolute atomic E-state index is 0.171. The Hall–Kier alpha value is -4.00. The zero-order valence-electron chi connectivity index (χ0n) is 17.1. The van der Waals surface area contributed by atoms with E-state index in [1.807, 2.05) is 60.7 Å². The predicted molar refractivity (Wildman–Crippen MR) is 118 cm³/mol. The van der Waals surface area contributed by atoms with E-state index in [1.165, 1.54) is 12.1 Å². The highest BCUT2D eigenvalue weighted by Gasteiger charge is 2.48. The number of benzene rings is 3. The Labute approximate surface area is 184 Å². The Balaban J connectivity index is 1.67. The van der Waals surface area contributed by atoms with E-state index in [0.717, 1.165) is 16.2 Å². The van der Waals surface area contributed by atoms with Crippen molar-refractivity contribution in [3.8, 4) is 0 Å². The van der Waals surface area contributed by atoms with E-state index in [2.05, 4.69) is 0 Å². The van der Waals surface area contributed by atoms with Gasteiger partial charge in [0.15, 0.2) is 0 Å². The fraction of sp³-hybridized carbons (Fsp3) is 0.160. The van der Waals surface area contributed by atoms with Crippen LogP contribution in [-0.2, 0) is 9.53 Å². The summed E-state index contributed by atoms with van der Waals surface area (Å²) in [7, 11) is 0. The number of para-hydroxylation sites is 1. The van der Waals surface area contributed by atoms with Gasteiger partial charge in [-0.3, -0.25) is 9.80 Å². The maximum Gasteiger partial charge on any atom is 0.416 e. The molecule has 2 aliphatic heterocycles. The molecule has 0 spiro atoms. The zero-order chi connectivity index (χ0) is 22.1. The third-order valence-electron chi connectivity index (χ3n) is 5.69. The van der Waals surface area contributed by atoms with Gasteiger partial charge in [0.2, 0.25) is 0 Å². The van der Waals surface area contributed by atoms with Gasteiger partial charge in [0, 0.05) is 0 Å². The molecule has 0 N–H and O–H groups in total. The van der Waals surface area contributed by atoms with Gasteiger partial charge in [0.25, 0.3) is 5.91 Å². The standard InChI is InChI=1S/C25H20FN3O3/c26-19-13-11-18(12-14-19)22-21(17-7-3-1-4-8-17)23(24(30)28-15-16-32-25(28)31)29(27-22)20-9-5-2-6-10-20/h1-14,21,23H,15-16H2/t21-,23-/m0/s1. The minimum atomic E-state index is -0.800. The number of imide groups is 1. The van der Waals surface area contributed by atoms with Crippen LogP contribution in [-0.4, -0.2) is 41.8 Å². The molecule has 2 atom stereocenters. The number of cyclic esters (lactones) is 1. The molecule has 1 saturated heterocycles. The van der Waals surface area contributed by atoms with Gasteiger partial charge in [-0.2, -0.15) is 5.10 Å². The Morgan fingerprint density at radius 3 is 2.22 bits per heavy atom. The van der Waals surface area contributed by atoms with Gasteiger partial charge in [0.05, 0.1) is 23.9 Å². The molecule has 0 radical (unpaired) electrons. The lowest BCUT2D eigenvalue weighted by molar-refractivity contribution is -0.129. The number of nitrogens with zero attached hydrogens (tertiary/aromatic N) is 3. The van der Waals surface area contributed by atoms with Crippen LogP contribution in [0.5, 0.6) is 0 Å². The van der Waals surface area contributed by atoms with Gasteiger partial charge >= 0.3 is 6.09 Å². The zero-order valence-corrected chi connectivity index (χ0v) is 17.1. The van der Waals surface area contributed by atoms with Crippen molar-refractivity contribution >= 4 is 23.4 Å². The molecule has 0 aliphatic carbocycles. The van der Waals surface area contributed by atoms with Gasteiger partial charge in [0.1, 0.15) is 18.5 Å². The third-order valence-corrected chi connectivity index (χ3v) is 5.69. The number of carbonyl (C=O) groups excluding carboxylic acids is 2. The van der Waals surface area contributed by atoms with E-state index in [4.69, 9.17) is 9.84 Å². The normalized spacial score (nSPS) is 20.3. The lowest BCUT2D eigenvalue weighted by atomic mass is 9.84. The van der Waals surface area contributed by atoms with Crippen molar-refractivity contribution in [2.75, 3.05) is 18.2 Å². The van der Waals surface area contributed by atoms with Crippen LogP contribution in [0.2, 0.25) is 0 Å². The van der Waals surface area contributed by atoms with E-state index in [-0.39, 0.29) is 24.9 Å². The Kier molecular flexibility index (Phi) is 5.15. The van der Waals surface area contributed by atoms with Gasteiger partial charge in [-0.25, -0.2) is 14.1 Å². The number of amides is 2. The molecule has 160 valence electrons. The van der Waals surface area contributed by atoms with Gasteiger partial charge in [-0.1, -0.05) is 60.7 Å². The first-order valence-corrected chi connectivity index (χ1v) is 10.4. The molecule has 7 heteroatoms.